The molecule has 1 aliphatic heterocycles. The standard InChI is InChI=1S/C22H23ClN4O/c1-22(2,3)20(28)26-18(15-7-5-4-6-8-15)13-19(27-21(26)24-14-25-27)16-9-11-17(23)12-10-16/h4-12,14,18-19H,13H2,1-3H3/t18-,19-/m0/s1. The molecule has 28 heavy (non-hydrogen) atoms. The lowest BCUT2D eigenvalue weighted by atomic mass is 9.88. The van der Waals surface area contributed by atoms with Crippen LogP contribution in [0.2, 0.25) is 5.02 Å². The molecule has 0 bridgehead atoms. The number of benzene rings is 2. The number of nitrogens with zero attached hydrogens (tertiary/aromatic N) is 4. The van der Waals surface area contributed by atoms with Crippen molar-refractivity contribution in [2.45, 2.75) is 39.3 Å². The van der Waals surface area contributed by atoms with Gasteiger partial charge in [0.1, 0.15) is 6.33 Å². The van der Waals surface area contributed by atoms with Crippen molar-refractivity contribution in [3.63, 3.8) is 0 Å². The zero-order chi connectivity index (χ0) is 19.9. The molecule has 0 aliphatic carbocycles. The molecule has 0 radical (unpaired) electrons. The number of hydrogen-bond donors (Lipinski definition) is 0. The van der Waals surface area contributed by atoms with Gasteiger partial charge in [-0.05, 0) is 29.7 Å². The number of amides is 1. The molecule has 3 aromatic rings. The van der Waals surface area contributed by atoms with Crippen LogP contribution in [0.3, 0.4) is 0 Å². The molecule has 144 valence electrons. The van der Waals surface area contributed by atoms with Gasteiger partial charge in [0.05, 0.1) is 12.1 Å². The van der Waals surface area contributed by atoms with Crippen LogP contribution >= 0.6 is 11.6 Å². The van der Waals surface area contributed by atoms with Crippen LogP contribution in [-0.2, 0) is 4.79 Å². The van der Waals surface area contributed by atoms with Crippen LogP contribution in [0.1, 0.15) is 50.4 Å². The Labute approximate surface area is 170 Å². The monoisotopic (exact) mass is 394 g/mol. The summed E-state index contributed by atoms with van der Waals surface area (Å²) in [5, 5.41) is 5.16. The molecule has 2 heterocycles. The van der Waals surface area contributed by atoms with Crippen LogP contribution in [0.25, 0.3) is 0 Å². The highest BCUT2D eigenvalue weighted by atomic mass is 35.5. The fourth-order valence-electron chi connectivity index (χ4n) is 3.71. The van der Waals surface area contributed by atoms with Gasteiger partial charge in [0.15, 0.2) is 0 Å². The summed E-state index contributed by atoms with van der Waals surface area (Å²) in [6.07, 6.45) is 2.23. The third kappa shape index (κ3) is 3.31. The fraction of sp³-hybridized carbons (Fsp3) is 0.318. The van der Waals surface area contributed by atoms with Crippen LogP contribution in [-0.4, -0.2) is 20.7 Å². The van der Waals surface area contributed by atoms with Gasteiger partial charge in [-0.1, -0.05) is 74.8 Å². The maximum Gasteiger partial charge on any atom is 0.235 e. The van der Waals surface area contributed by atoms with Gasteiger partial charge in [-0.25, -0.2) is 4.68 Å². The van der Waals surface area contributed by atoms with E-state index in [1.807, 2.05) is 72.8 Å². The summed E-state index contributed by atoms with van der Waals surface area (Å²) >= 11 is 6.08. The van der Waals surface area contributed by atoms with E-state index < -0.39 is 5.41 Å². The minimum absolute atomic E-state index is 0.0241. The lowest BCUT2D eigenvalue weighted by molar-refractivity contribution is -0.126. The number of hydrogen-bond acceptors (Lipinski definition) is 3. The first kappa shape index (κ1) is 18.7. The Balaban J connectivity index is 1.86. The lowest BCUT2D eigenvalue weighted by Gasteiger charge is -2.41. The van der Waals surface area contributed by atoms with E-state index in [1.165, 1.54) is 6.33 Å². The highest BCUT2D eigenvalue weighted by molar-refractivity contribution is 6.30. The Morgan fingerprint density at radius 3 is 2.29 bits per heavy atom. The van der Waals surface area contributed by atoms with Crippen LogP contribution in [0.15, 0.2) is 60.9 Å². The summed E-state index contributed by atoms with van der Waals surface area (Å²) in [7, 11) is 0. The molecule has 0 saturated heterocycles. The van der Waals surface area contributed by atoms with E-state index in [0.29, 0.717) is 17.4 Å². The Kier molecular flexibility index (Phi) is 4.71. The van der Waals surface area contributed by atoms with E-state index in [2.05, 4.69) is 22.2 Å². The van der Waals surface area contributed by atoms with Crippen molar-refractivity contribution >= 4 is 23.5 Å². The molecule has 1 aliphatic rings. The number of aromatic nitrogens is 3. The Bertz CT molecular complexity index is 976. The Morgan fingerprint density at radius 1 is 1.00 bits per heavy atom. The second-order valence-corrected chi connectivity index (χ2v) is 8.60. The van der Waals surface area contributed by atoms with Crippen molar-refractivity contribution in [2.24, 2.45) is 5.41 Å². The van der Waals surface area contributed by atoms with Crippen molar-refractivity contribution in [3.05, 3.63) is 77.1 Å². The number of anilines is 1. The van der Waals surface area contributed by atoms with Crippen LogP contribution < -0.4 is 4.90 Å². The van der Waals surface area contributed by atoms with Gasteiger partial charge < -0.3 is 0 Å². The van der Waals surface area contributed by atoms with Gasteiger partial charge in [-0.2, -0.15) is 10.1 Å². The number of carbonyl (C=O) groups excluding carboxylic acids is 1. The molecule has 0 N–H and O–H groups in total. The quantitative estimate of drug-likeness (QED) is 0.611. The molecule has 4 rings (SSSR count). The molecule has 1 amide bonds. The van der Waals surface area contributed by atoms with Gasteiger partial charge >= 0.3 is 0 Å². The number of carbonyl (C=O) groups is 1. The SMILES string of the molecule is CC(C)(C)C(=O)N1c2ncnn2[C@H](c2ccc(Cl)cc2)C[C@H]1c1ccccc1. The highest BCUT2D eigenvalue weighted by Gasteiger charge is 2.42. The van der Waals surface area contributed by atoms with Crippen molar-refractivity contribution in [1.29, 1.82) is 0 Å². The van der Waals surface area contributed by atoms with E-state index in [9.17, 15) is 4.79 Å². The van der Waals surface area contributed by atoms with E-state index in [1.54, 1.807) is 0 Å². The van der Waals surface area contributed by atoms with Crippen molar-refractivity contribution in [3.8, 4) is 0 Å². The lowest BCUT2D eigenvalue weighted by Crippen LogP contribution is -2.47. The zero-order valence-corrected chi connectivity index (χ0v) is 17.0. The van der Waals surface area contributed by atoms with Crippen LogP contribution in [0.5, 0.6) is 0 Å². The molecular weight excluding hydrogens is 372 g/mol. The number of halogens is 1. The van der Waals surface area contributed by atoms with E-state index in [0.717, 1.165) is 11.1 Å². The topological polar surface area (TPSA) is 51.0 Å². The zero-order valence-electron chi connectivity index (χ0n) is 16.2. The summed E-state index contributed by atoms with van der Waals surface area (Å²) in [6, 6.07) is 17.8. The molecule has 0 spiro atoms. The molecule has 0 saturated carbocycles. The van der Waals surface area contributed by atoms with Gasteiger partial charge in [0.25, 0.3) is 0 Å². The second kappa shape index (κ2) is 7.06. The molecule has 5 nitrogen and oxygen atoms in total. The number of fused-ring (bicyclic) bond motifs is 1. The largest absolute Gasteiger partial charge is 0.274 e. The van der Waals surface area contributed by atoms with Gasteiger partial charge in [0.2, 0.25) is 11.9 Å². The second-order valence-electron chi connectivity index (χ2n) is 8.16. The molecule has 6 heteroatoms. The Morgan fingerprint density at radius 2 is 1.64 bits per heavy atom. The molecule has 0 fully saturated rings. The van der Waals surface area contributed by atoms with Crippen LogP contribution in [0, 0.1) is 5.41 Å². The van der Waals surface area contributed by atoms with Crippen molar-refractivity contribution in [1.82, 2.24) is 14.8 Å². The highest BCUT2D eigenvalue weighted by Crippen LogP contribution is 2.43. The van der Waals surface area contributed by atoms with E-state index >= 15 is 0 Å². The third-order valence-corrected chi connectivity index (χ3v) is 5.37. The van der Waals surface area contributed by atoms with Gasteiger partial charge in [0, 0.05) is 10.4 Å². The summed E-state index contributed by atoms with van der Waals surface area (Å²) in [5.41, 5.74) is 1.66. The molecule has 2 atom stereocenters. The van der Waals surface area contributed by atoms with Crippen LogP contribution in [0.4, 0.5) is 5.95 Å². The first-order valence-electron chi connectivity index (χ1n) is 9.40. The average Bonchev–Trinajstić information content (AvgIpc) is 3.16. The normalized spacial score (nSPS) is 19.4. The molecule has 0 unspecified atom stereocenters. The summed E-state index contributed by atoms with van der Waals surface area (Å²) in [5.74, 6) is 0.616. The van der Waals surface area contributed by atoms with Gasteiger partial charge in [-0.3, -0.25) is 9.69 Å². The van der Waals surface area contributed by atoms with Gasteiger partial charge in [-0.15, -0.1) is 0 Å². The van der Waals surface area contributed by atoms with E-state index in [4.69, 9.17) is 11.6 Å². The predicted molar refractivity (Wildman–Crippen MR) is 110 cm³/mol. The maximum atomic E-state index is 13.4. The van der Waals surface area contributed by atoms with Crippen molar-refractivity contribution < 1.29 is 4.79 Å². The molecule has 2 aromatic carbocycles. The minimum atomic E-state index is -0.531. The fourth-order valence-corrected chi connectivity index (χ4v) is 3.83. The average molecular weight is 395 g/mol. The Hall–Kier alpha value is -2.66. The molecular formula is C22H23ClN4O. The maximum absolute atomic E-state index is 13.4. The first-order chi connectivity index (χ1) is 13.4. The summed E-state index contributed by atoms with van der Waals surface area (Å²) in [4.78, 5) is 19.7. The first-order valence-corrected chi connectivity index (χ1v) is 9.77. The summed E-state index contributed by atoms with van der Waals surface area (Å²) in [6.45, 7) is 5.80. The van der Waals surface area contributed by atoms with E-state index in [-0.39, 0.29) is 18.0 Å². The van der Waals surface area contributed by atoms with Crippen molar-refractivity contribution in [2.75, 3.05) is 4.90 Å². The summed E-state index contributed by atoms with van der Waals surface area (Å²) < 4.78 is 1.85. The predicted octanol–water partition coefficient (Wildman–Crippen LogP) is 5.05. The minimum Gasteiger partial charge on any atom is -0.274 e. The third-order valence-electron chi connectivity index (χ3n) is 5.12. The molecule has 1 aromatic heterocycles. The number of rotatable bonds is 2. The smallest absolute Gasteiger partial charge is 0.235 e.